The van der Waals surface area contributed by atoms with Crippen LogP contribution in [0.3, 0.4) is 0 Å². The molecule has 0 aromatic heterocycles. The van der Waals surface area contributed by atoms with Crippen LogP contribution in [-0.4, -0.2) is 12.6 Å². The maximum atomic E-state index is 6.09. The number of hydrogen-bond acceptors (Lipinski definition) is 4. The lowest BCUT2D eigenvalue weighted by Crippen LogP contribution is -2.15. The van der Waals surface area contributed by atoms with Crippen molar-refractivity contribution in [1.29, 1.82) is 0 Å². The third-order valence-corrected chi connectivity index (χ3v) is 3.74. The zero-order valence-corrected chi connectivity index (χ0v) is 13.6. The van der Waals surface area contributed by atoms with E-state index in [9.17, 15) is 0 Å². The van der Waals surface area contributed by atoms with Crippen LogP contribution in [0.1, 0.15) is 16.7 Å². The minimum Gasteiger partial charge on any atom is -0.467 e. The SMILES string of the molecule is N/C(=N/OCc1cc(Cl)cc2c1OCOC2)c1ccc(Cl)cc1. The van der Waals surface area contributed by atoms with E-state index in [0.717, 1.165) is 22.4 Å². The van der Waals surface area contributed by atoms with Crippen molar-refractivity contribution in [3.05, 3.63) is 63.1 Å². The number of rotatable bonds is 4. The predicted molar refractivity (Wildman–Crippen MR) is 88.7 cm³/mol. The first kappa shape index (κ1) is 15.9. The molecular weight excluding hydrogens is 339 g/mol. The summed E-state index contributed by atoms with van der Waals surface area (Å²) in [5.74, 6) is 0.989. The summed E-state index contributed by atoms with van der Waals surface area (Å²) in [6.07, 6.45) is 0. The fraction of sp³-hybridized carbons (Fsp3) is 0.188. The molecule has 0 spiro atoms. The van der Waals surface area contributed by atoms with Crippen molar-refractivity contribution < 1.29 is 14.3 Å². The number of fused-ring (bicyclic) bond motifs is 1. The molecule has 1 aliphatic rings. The summed E-state index contributed by atoms with van der Waals surface area (Å²) < 4.78 is 10.7. The Morgan fingerprint density at radius 1 is 1.17 bits per heavy atom. The van der Waals surface area contributed by atoms with Crippen molar-refractivity contribution in [2.45, 2.75) is 13.2 Å². The average molecular weight is 353 g/mol. The zero-order valence-electron chi connectivity index (χ0n) is 12.1. The molecule has 120 valence electrons. The van der Waals surface area contributed by atoms with E-state index in [2.05, 4.69) is 5.16 Å². The predicted octanol–water partition coefficient (Wildman–Crippen LogP) is 3.70. The van der Waals surface area contributed by atoms with Crippen molar-refractivity contribution in [3.8, 4) is 5.75 Å². The highest BCUT2D eigenvalue weighted by Crippen LogP contribution is 2.32. The number of nitrogens with two attached hydrogens (primary N) is 1. The number of oxime groups is 1. The van der Waals surface area contributed by atoms with Crippen LogP contribution >= 0.6 is 23.2 Å². The van der Waals surface area contributed by atoms with E-state index in [-0.39, 0.29) is 19.2 Å². The van der Waals surface area contributed by atoms with Gasteiger partial charge in [0.15, 0.2) is 12.6 Å². The quantitative estimate of drug-likeness (QED) is 0.517. The molecular formula is C16H14Cl2N2O3. The zero-order chi connectivity index (χ0) is 16.2. The van der Waals surface area contributed by atoms with Gasteiger partial charge < -0.3 is 20.0 Å². The van der Waals surface area contributed by atoms with Gasteiger partial charge in [-0.25, -0.2) is 0 Å². The standard InChI is InChI=1S/C16H14Cl2N2O3/c17-13-3-1-10(2-4-13)16(19)20-23-8-12-6-14(18)5-11-7-21-9-22-15(11)12/h1-6H,7-9H2,(H2,19,20). The number of ether oxygens (including phenoxy) is 2. The molecule has 2 aromatic carbocycles. The second kappa shape index (κ2) is 7.08. The van der Waals surface area contributed by atoms with Gasteiger partial charge in [-0.3, -0.25) is 0 Å². The third kappa shape index (κ3) is 3.88. The van der Waals surface area contributed by atoms with Gasteiger partial charge in [0.25, 0.3) is 0 Å². The Balaban J connectivity index is 1.72. The van der Waals surface area contributed by atoms with Crippen LogP contribution in [0, 0.1) is 0 Å². The molecule has 1 heterocycles. The molecule has 0 saturated heterocycles. The van der Waals surface area contributed by atoms with E-state index < -0.39 is 0 Å². The first-order chi connectivity index (χ1) is 11.1. The molecule has 0 radical (unpaired) electrons. The van der Waals surface area contributed by atoms with Gasteiger partial charge in [0.1, 0.15) is 12.4 Å². The van der Waals surface area contributed by atoms with Crippen LogP contribution in [0.25, 0.3) is 0 Å². The van der Waals surface area contributed by atoms with Crippen molar-refractivity contribution >= 4 is 29.0 Å². The number of amidine groups is 1. The molecule has 7 heteroatoms. The molecule has 0 aliphatic carbocycles. The van der Waals surface area contributed by atoms with Crippen LogP contribution in [0.4, 0.5) is 0 Å². The molecule has 5 nitrogen and oxygen atoms in total. The first-order valence-corrected chi connectivity index (χ1v) is 7.62. The van der Waals surface area contributed by atoms with Gasteiger partial charge in [0, 0.05) is 26.7 Å². The van der Waals surface area contributed by atoms with E-state index >= 15 is 0 Å². The Morgan fingerprint density at radius 3 is 2.74 bits per heavy atom. The summed E-state index contributed by atoms with van der Waals surface area (Å²) in [5.41, 5.74) is 8.29. The Kier molecular flexibility index (Phi) is 4.91. The van der Waals surface area contributed by atoms with Gasteiger partial charge in [-0.1, -0.05) is 28.4 Å². The van der Waals surface area contributed by atoms with Crippen molar-refractivity contribution in [3.63, 3.8) is 0 Å². The number of hydrogen-bond donors (Lipinski definition) is 1. The topological polar surface area (TPSA) is 66.1 Å². The maximum absolute atomic E-state index is 6.09. The lowest BCUT2D eigenvalue weighted by atomic mass is 10.1. The summed E-state index contributed by atoms with van der Waals surface area (Å²) in [6.45, 7) is 0.855. The lowest BCUT2D eigenvalue weighted by molar-refractivity contribution is -0.0183. The number of nitrogens with zero attached hydrogens (tertiary/aromatic N) is 1. The van der Waals surface area contributed by atoms with E-state index in [1.807, 2.05) is 6.07 Å². The lowest BCUT2D eigenvalue weighted by Gasteiger charge is -2.20. The monoisotopic (exact) mass is 352 g/mol. The minimum atomic E-state index is 0.192. The van der Waals surface area contributed by atoms with Crippen molar-refractivity contribution in [2.24, 2.45) is 10.9 Å². The second-order valence-electron chi connectivity index (χ2n) is 4.92. The molecule has 23 heavy (non-hydrogen) atoms. The molecule has 0 atom stereocenters. The first-order valence-electron chi connectivity index (χ1n) is 6.86. The van der Waals surface area contributed by atoms with Gasteiger partial charge in [-0.2, -0.15) is 0 Å². The molecule has 0 fully saturated rings. The highest BCUT2D eigenvalue weighted by molar-refractivity contribution is 6.31. The van der Waals surface area contributed by atoms with Gasteiger partial charge in [0.05, 0.1) is 6.61 Å². The maximum Gasteiger partial charge on any atom is 0.189 e. The molecule has 3 rings (SSSR count). The van der Waals surface area contributed by atoms with E-state index in [0.29, 0.717) is 16.7 Å². The number of halogens is 2. The summed E-state index contributed by atoms with van der Waals surface area (Å²) in [5, 5.41) is 5.14. The highest BCUT2D eigenvalue weighted by atomic mass is 35.5. The Labute approximate surface area is 143 Å². The van der Waals surface area contributed by atoms with Crippen LogP contribution in [0.5, 0.6) is 5.75 Å². The summed E-state index contributed by atoms with van der Waals surface area (Å²) in [6, 6.07) is 10.6. The molecule has 1 aliphatic heterocycles. The second-order valence-corrected chi connectivity index (χ2v) is 5.79. The smallest absolute Gasteiger partial charge is 0.189 e. The van der Waals surface area contributed by atoms with E-state index in [4.69, 9.17) is 43.2 Å². The Hall–Kier alpha value is -1.95. The molecule has 0 unspecified atom stereocenters. The molecule has 2 aromatic rings. The van der Waals surface area contributed by atoms with Gasteiger partial charge >= 0.3 is 0 Å². The van der Waals surface area contributed by atoms with Crippen LogP contribution < -0.4 is 10.5 Å². The Bertz CT molecular complexity index is 733. The minimum absolute atomic E-state index is 0.192. The molecule has 2 N–H and O–H groups in total. The van der Waals surface area contributed by atoms with Gasteiger partial charge in [-0.15, -0.1) is 0 Å². The summed E-state index contributed by atoms with van der Waals surface area (Å²) in [4.78, 5) is 5.34. The normalized spacial score (nSPS) is 14.1. The fourth-order valence-electron chi connectivity index (χ4n) is 2.21. The van der Waals surface area contributed by atoms with E-state index in [1.165, 1.54) is 0 Å². The largest absolute Gasteiger partial charge is 0.467 e. The van der Waals surface area contributed by atoms with E-state index in [1.54, 1.807) is 30.3 Å². The Morgan fingerprint density at radius 2 is 1.96 bits per heavy atom. The van der Waals surface area contributed by atoms with Crippen molar-refractivity contribution in [2.75, 3.05) is 6.79 Å². The van der Waals surface area contributed by atoms with Crippen molar-refractivity contribution in [1.82, 2.24) is 0 Å². The van der Waals surface area contributed by atoms with Gasteiger partial charge in [-0.05, 0) is 36.4 Å². The molecule has 0 bridgehead atoms. The van der Waals surface area contributed by atoms with Gasteiger partial charge in [0.2, 0.25) is 0 Å². The van der Waals surface area contributed by atoms with Crippen LogP contribution in [0.2, 0.25) is 10.0 Å². The fourth-order valence-corrected chi connectivity index (χ4v) is 2.60. The number of benzene rings is 2. The summed E-state index contributed by atoms with van der Waals surface area (Å²) in [7, 11) is 0. The third-order valence-electron chi connectivity index (χ3n) is 3.27. The summed E-state index contributed by atoms with van der Waals surface area (Å²) >= 11 is 11.9. The van der Waals surface area contributed by atoms with Crippen LogP contribution in [0.15, 0.2) is 41.6 Å². The molecule has 0 amide bonds. The van der Waals surface area contributed by atoms with Crippen LogP contribution in [-0.2, 0) is 22.8 Å². The average Bonchev–Trinajstić information content (AvgIpc) is 2.55. The molecule has 0 saturated carbocycles. The highest BCUT2D eigenvalue weighted by Gasteiger charge is 2.16.